The molecule has 9 heteroatoms. The van der Waals surface area contributed by atoms with Crippen LogP contribution in [0, 0.1) is 0 Å². The van der Waals surface area contributed by atoms with E-state index >= 15 is 0 Å². The molecule has 0 aliphatic heterocycles. The lowest BCUT2D eigenvalue weighted by molar-refractivity contribution is -0.870. The molecule has 3 atom stereocenters. The summed E-state index contributed by atoms with van der Waals surface area (Å²) in [6, 6.07) is -0.840. The Morgan fingerprint density at radius 3 is 1.33 bits per heavy atom. The molecular formula is C49H98N2O6P+. The van der Waals surface area contributed by atoms with Crippen molar-refractivity contribution < 1.29 is 32.9 Å². The molecule has 0 bridgehead atoms. The second-order valence-electron chi connectivity index (χ2n) is 18.2. The van der Waals surface area contributed by atoms with Crippen molar-refractivity contribution in [3.8, 4) is 0 Å². The summed E-state index contributed by atoms with van der Waals surface area (Å²) >= 11 is 0. The number of amides is 1. The largest absolute Gasteiger partial charge is 0.472 e. The van der Waals surface area contributed by atoms with Gasteiger partial charge in [0.25, 0.3) is 0 Å². The second kappa shape index (κ2) is 41.3. The van der Waals surface area contributed by atoms with E-state index in [0.717, 1.165) is 38.5 Å². The first-order chi connectivity index (χ1) is 28.0. The number of phosphoric ester groups is 1. The molecular weight excluding hydrogens is 744 g/mol. The van der Waals surface area contributed by atoms with Crippen molar-refractivity contribution in [2.45, 2.75) is 244 Å². The zero-order chi connectivity index (χ0) is 42.8. The lowest BCUT2D eigenvalue weighted by Crippen LogP contribution is -2.45. The molecule has 3 unspecified atom stereocenters. The normalized spacial score (nSPS) is 14.4. The minimum Gasteiger partial charge on any atom is -0.387 e. The Labute approximate surface area is 360 Å². The van der Waals surface area contributed by atoms with Crippen LogP contribution in [0.15, 0.2) is 24.3 Å². The minimum absolute atomic E-state index is 0.0627. The van der Waals surface area contributed by atoms with E-state index in [4.69, 9.17) is 9.05 Å². The molecule has 0 aliphatic carbocycles. The number of nitrogens with one attached hydrogen (secondary N) is 1. The molecule has 58 heavy (non-hydrogen) atoms. The van der Waals surface area contributed by atoms with Crippen LogP contribution in [0.5, 0.6) is 0 Å². The highest BCUT2D eigenvalue weighted by Crippen LogP contribution is 2.43. The Morgan fingerprint density at radius 2 is 0.931 bits per heavy atom. The molecule has 3 N–H and O–H groups in total. The Hall–Kier alpha value is -1.02. The molecule has 0 fully saturated rings. The summed E-state index contributed by atoms with van der Waals surface area (Å²) in [5.74, 6) is -0.179. The Bertz CT molecular complexity index is 1000. The molecule has 1 amide bonds. The number of carbonyl (C=O) groups is 1. The van der Waals surface area contributed by atoms with Crippen LogP contribution in [0.3, 0.4) is 0 Å². The molecule has 0 radical (unpaired) electrons. The van der Waals surface area contributed by atoms with Gasteiger partial charge in [-0.2, -0.15) is 0 Å². The van der Waals surface area contributed by atoms with E-state index in [1.54, 1.807) is 6.08 Å². The number of hydrogen-bond acceptors (Lipinski definition) is 5. The summed E-state index contributed by atoms with van der Waals surface area (Å²) in [4.78, 5) is 23.0. The highest BCUT2D eigenvalue weighted by atomic mass is 31.2. The summed E-state index contributed by atoms with van der Waals surface area (Å²) in [5, 5.41) is 13.7. The average Bonchev–Trinajstić information content (AvgIpc) is 3.17. The first-order valence-corrected chi connectivity index (χ1v) is 26.2. The monoisotopic (exact) mass is 842 g/mol. The summed E-state index contributed by atoms with van der Waals surface area (Å²) in [6.07, 6.45) is 50.1. The van der Waals surface area contributed by atoms with Crippen molar-refractivity contribution in [2.75, 3.05) is 40.9 Å². The number of quaternary nitrogens is 1. The third-order valence-electron chi connectivity index (χ3n) is 11.2. The van der Waals surface area contributed by atoms with Crippen LogP contribution in [0.1, 0.15) is 232 Å². The standard InChI is InChI=1S/C49H97N2O6P/c1-6-8-10-12-14-15-16-17-18-19-20-21-22-23-24-25-26-27-28-29-30-31-32-33-34-35-37-39-41-43-49(53)50-47(48(52)42-40-38-36-13-11-9-7-2)46-57-58(54,55)56-45-44-51(3,4)5/h19-20,40,42,47-48,52H,6-18,21-39,41,43-46H2,1-5H3,(H-,50,53,54,55)/p+1/b20-19-,42-40+. The van der Waals surface area contributed by atoms with Crippen molar-refractivity contribution in [3.05, 3.63) is 24.3 Å². The molecule has 0 aromatic rings. The second-order valence-corrected chi connectivity index (χ2v) is 19.6. The average molecular weight is 842 g/mol. The van der Waals surface area contributed by atoms with Crippen molar-refractivity contribution >= 4 is 13.7 Å². The van der Waals surface area contributed by atoms with Crippen LogP contribution < -0.4 is 5.32 Å². The Balaban J connectivity index is 3.94. The third-order valence-corrected chi connectivity index (χ3v) is 12.1. The van der Waals surface area contributed by atoms with Crippen LogP contribution in [-0.4, -0.2) is 73.4 Å². The highest BCUT2D eigenvalue weighted by molar-refractivity contribution is 7.47. The molecule has 8 nitrogen and oxygen atoms in total. The van der Waals surface area contributed by atoms with Gasteiger partial charge in [0.2, 0.25) is 5.91 Å². The molecule has 0 aromatic carbocycles. The number of likely N-dealkylation sites (N-methyl/N-ethyl adjacent to an activating group) is 1. The van der Waals surface area contributed by atoms with Crippen molar-refractivity contribution in [2.24, 2.45) is 0 Å². The van der Waals surface area contributed by atoms with Crippen LogP contribution in [0.25, 0.3) is 0 Å². The summed E-state index contributed by atoms with van der Waals surface area (Å²) in [7, 11) is 1.58. The van der Waals surface area contributed by atoms with Gasteiger partial charge in [-0.05, 0) is 44.9 Å². The Kier molecular flexibility index (Phi) is 40.6. The van der Waals surface area contributed by atoms with Crippen molar-refractivity contribution in [1.82, 2.24) is 5.32 Å². The molecule has 344 valence electrons. The number of aliphatic hydroxyl groups excluding tert-OH is 1. The van der Waals surface area contributed by atoms with Crippen LogP contribution >= 0.6 is 7.82 Å². The molecule has 0 saturated heterocycles. The maximum Gasteiger partial charge on any atom is 0.472 e. The fourth-order valence-electron chi connectivity index (χ4n) is 7.21. The predicted molar refractivity (Wildman–Crippen MR) is 249 cm³/mol. The topological polar surface area (TPSA) is 105 Å². The van der Waals surface area contributed by atoms with Crippen molar-refractivity contribution in [1.29, 1.82) is 0 Å². The number of unbranched alkanes of at least 4 members (excludes halogenated alkanes) is 30. The highest BCUT2D eigenvalue weighted by Gasteiger charge is 2.27. The molecule has 0 heterocycles. The number of rotatable bonds is 45. The fourth-order valence-corrected chi connectivity index (χ4v) is 7.95. The van der Waals surface area contributed by atoms with Gasteiger partial charge >= 0.3 is 7.82 Å². The molecule has 0 aromatic heterocycles. The van der Waals surface area contributed by atoms with Gasteiger partial charge in [0, 0.05) is 6.42 Å². The molecule has 0 aliphatic rings. The third kappa shape index (κ3) is 43.1. The first-order valence-electron chi connectivity index (χ1n) is 24.7. The molecule has 0 spiro atoms. The predicted octanol–water partition coefficient (Wildman–Crippen LogP) is 14.1. The molecule has 0 saturated carbocycles. The van der Waals surface area contributed by atoms with E-state index in [-0.39, 0.29) is 19.1 Å². The fraction of sp³-hybridized carbons (Fsp3) is 0.898. The number of carbonyl (C=O) groups excluding carboxylic acids is 1. The van der Waals surface area contributed by atoms with Crippen LogP contribution in [0.2, 0.25) is 0 Å². The van der Waals surface area contributed by atoms with E-state index in [2.05, 4.69) is 31.3 Å². The Morgan fingerprint density at radius 1 is 0.569 bits per heavy atom. The van der Waals surface area contributed by atoms with E-state index in [1.807, 2.05) is 27.2 Å². The van der Waals surface area contributed by atoms with Gasteiger partial charge in [-0.3, -0.25) is 13.8 Å². The van der Waals surface area contributed by atoms with Crippen LogP contribution in [0.4, 0.5) is 0 Å². The maximum absolute atomic E-state index is 12.8. The minimum atomic E-state index is -4.33. The van der Waals surface area contributed by atoms with E-state index in [9.17, 15) is 19.4 Å². The number of hydrogen-bond donors (Lipinski definition) is 3. The number of nitrogens with zero attached hydrogens (tertiary/aromatic N) is 1. The molecule has 0 rings (SSSR count). The first kappa shape index (κ1) is 57.0. The van der Waals surface area contributed by atoms with E-state index in [0.29, 0.717) is 17.4 Å². The summed E-state index contributed by atoms with van der Waals surface area (Å²) < 4.78 is 23.5. The van der Waals surface area contributed by atoms with Gasteiger partial charge in [0.15, 0.2) is 0 Å². The van der Waals surface area contributed by atoms with Gasteiger partial charge in [-0.15, -0.1) is 0 Å². The maximum atomic E-state index is 12.8. The van der Waals surface area contributed by atoms with Crippen LogP contribution in [-0.2, 0) is 18.4 Å². The SMILES string of the molecule is CCCCCCC/C=C/C(O)C(COP(=O)(O)OCC[N+](C)(C)C)NC(=O)CCCCCCCCCCCCCCCCCCC/C=C\CCCCCCCCCC. The van der Waals surface area contributed by atoms with Gasteiger partial charge in [0.1, 0.15) is 13.2 Å². The number of allylic oxidation sites excluding steroid dienone is 3. The lowest BCUT2D eigenvalue weighted by atomic mass is 10.0. The van der Waals surface area contributed by atoms with E-state index < -0.39 is 20.0 Å². The zero-order valence-corrected chi connectivity index (χ0v) is 39.9. The zero-order valence-electron chi connectivity index (χ0n) is 39.0. The van der Waals surface area contributed by atoms with Gasteiger partial charge in [0.05, 0.1) is 39.9 Å². The lowest BCUT2D eigenvalue weighted by Gasteiger charge is -2.25. The summed E-state index contributed by atoms with van der Waals surface area (Å²) in [6.45, 7) is 4.76. The van der Waals surface area contributed by atoms with Gasteiger partial charge < -0.3 is 19.8 Å². The summed E-state index contributed by atoms with van der Waals surface area (Å²) in [5.41, 5.74) is 0. The van der Waals surface area contributed by atoms with Gasteiger partial charge in [-0.25, -0.2) is 4.57 Å². The van der Waals surface area contributed by atoms with E-state index in [1.165, 1.54) is 173 Å². The van der Waals surface area contributed by atoms with Crippen molar-refractivity contribution in [3.63, 3.8) is 0 Å². The van der Waals surface area contributed by atoms with Gasteiger partial charge in [-0.1, -0.05) is 205 Å². The smallest absolute Gasteiger partial charge is 0.387 e. The number of phosphoric acid groups is 1. The number of aliphatic hydroxyl groups is 1. The quantitative estimate of drug-likeness (QED) is 0.0244.